The lowest BCUT2D eigenvalue weighted by Gasteiger charge is -2.19. The smallest absolute Gasteiger partial charge is 0.325 e. The van der Waals surface area contributed by atoms with Gasteiger partial charge in [0.1, 0.15) is 5.54 Å². The van der Waals surface area contributed by atoms with E-state index in [4.69, 9.17) is 4.74 Å². The van der Waals surface area contributed by atoms with Crippen LogP contribution in [0, 0.1) is 0 Å². The number of carbonyl (C=O) groups is 3. The third-order valence-electron chi connectivity index (χ3n) is 5.31. The van der Waals surface area contributed by atoms with Gasteiger partial charge in [0, 0.05) is 26.6 Å². The zero-order valence-corrected chi connectivity index (χ0v) is 15.8. The van der Waals surface area contributed by atoms with E-state index in [-0.39, 0.29) is 30.8 Å². The number of ether oxygens (including phenoxy) is 1. The van der Waals surface area contributed by atoms with Crippen molar-refractivity contribution >= 4 is 17.8 Å². The van der Waals surface area contributed by atoms with Crippen LogP contribution in [0.1, 0.15) is 49.7 Å². The first-order valence-electron chi connectivity index (χ1n) is 9.52. The van der Waals surface area contributed by atoms with E-state index >= 15 is 0 Å². The molecule has 0 bridgehead atoms. The standard InChI is InChI=1S/C20H27N3O4/c1-27-14-16-8-6-15(7-9-16)13-21-17(24)5-4-12-23-18(25)20(22-19(23)26)10-2-3-11-20/h6-9H,2-5,10-14H2,1H3,(H,21,24)(H,22,26). The Hall–Kier alpha value is -2.41. The van der Waals surface area contributed by atoms with Crippen LogP contribution in [0.15, 0.2) is 24.3 Å². The molecule has 146 valence electrons. The zero-order chi connectivity index (χ0) is 19.3. The van der Waals surface area contributed by atoms with Crippen LogP contribution in [0.5, 0.6) is 0 Å². The zero-order valence-electron chi connectivity index (χ0n) is 15.8. The van der Waals surface area contributed by atoms with Crippen LogP contribution in [0.25, 0.3) is 0 Å². The Morgan fingerprint density at radius 3 is 2.52 bits per heavy atom. The summed E-state index contributed by atoms with van der Waals surface area (Å²) in [6, 6.07) is 7.55. The molecule has 1 spiro atoms. The molecule has 2 fully saturated rings. The lowest BCUT2D eigenvalue weighted by molar-refractivity contribution is -0.131. The van der Waals surface area contributed by atoms with Crippen molar-refractivity contribution in [2.75, 3.05) is 13.7 Å². The van der Waals surface area contributed by atoms with Gasteiger partial charge in [-0.2, -0.15) is 0 Å². The molecule has 2 aliphatic rings. The molecule has 1 aromatic carbocycles. The number of hydrogen-bond acceptors (Lipinski definition) is 4. The predicted octanol–water partition coefficient (Wildman–Crippen LogP) is 2.09. The van der Waals surface area contributed by atoms with Crippen molar-refractivity contribution in [2.24, 2.45) is 0 Å². The highest BCUT2D eigenvalue weighted by molar-refractivity contribution is 6.07. The lowest BCUT2D eigenvalue weighted by atomic mass is 9.98. The van der Waals surface area contributed by atoms with E-state index < -0.39 is 5.54 Å². The van der Waals surface area contributed by atoms with Gasteiger partial charge in [0.15, 0.2) is 0 Å². The molecule has 1 saturated heterocycles. The minimum absolute atomic E-state index is 0.0846. The van der Waals surface area contributed by atoms with E-state index in [1.54, 1.807) is 7.11 Å². The highest BCUT2D eigenvalue weighted by atomic mass is 16.5. The fourth-order valence-electron chi connectivity index (χ4n) is 3.80. The van der Waals surface area contributed by atoms with Gasteiger partial charge < -0.3 is 15.4 Å². The molecule has 7 nitrogen and oxygen atoms in total. The van der Waals surface area contributed by atoms with Crippen LogP contribution >= 0.6 is 0 Å². The Morgan fingerprint density at radius 1 is 1.19 bits per heavy atom. The SMILES string of the molecule is COCc1ccc(CNC(=O)CCCN2C(=O)NC3(CCCC3)C2=O)cc1. The molecule has 7 heteroatoms. The first kappa shape index (κ1) is 19.4. The van der Waals surface area contributed by atoms with Gasteiger partial charge in [0.25, 0.3) is 5.91 Å². The van der Waals surface area contributed by atoms with Crippen molar-refractivity contribution in [3.63, 3.8) is 0 Å². The Bertz CT molecular complexity index is 696. The average Bonchev–Trinajstić information content (AvgIpc) is 3.22. The third-order valence-corrected chi connectivity index (χ3v) is 5.31. The van der Waals surface area contributed by atoms with Gasteiger partial charge in [-0.15, -0.1) is 0 Å². The summed E-state index contributed by atoms with van der Waals surface area (Å²) < 4.78 is 5.07. The van der Waals surface area contributed by atoms with Crippen LogP contribution in [0.3, 0.4) is 0 Å². The molecule has 0 atom stereocenters. The van der Waals surface area contributed by atoms with Crippen LogP contribution in [0.4, 0.5) is 4.79 Å². The number of methoxy groups -OCH3 is 1. The van der Waals surface area contributed by atoms with E-state index in [0.29, 0.717) is 19.6 Å². The van der Waals surface area contributed by atoms with Gasteiger partial charge in [0.2, 0.25) is 5.91 Å². The summed E-state index contributed by atoms with van der Waals surface area (Å²) in [6.45, 7) is 1.31. The van der Waals surface area contributed by atoms with Crippen LogP contribution in [0.2, 0.25) is 0 Å². The number of amides is 4. The first-order valence-corrected chi connectivity index (χ1v) is 9.52. The number of carbonyl (C=O) groups excluding carboxylic acids is 3. The number of imide groups is 1. The maximum atomic E-state index is 12.5. The third kappa shape index (κ3) is 4.47. The summed E-state index contributed by atoms with van der Waals surface area (Å²) in [6.07, 6.45) is 4.12. The second-order valence-electron chi connectivity index (χ2n) is 7.31. The molecule has 1 heterocycles. The Kier molecular flexibility index (Phi) is 6.11. The van der Waals surface area contributed by atoms with Gasteiger partial charge in [0.05, 0.1) is 6.61 Å². The molecule has 3 rings (SSSR count). The van der Waals surface area contributed by atoms with Crippen molar-refractivity contribution < 1.29 is 19.1 Å². The number of hydrogen-bond donors (Lipinski definition) is 2. The monoisotopic (exact) mass is 373 g/mol. The van der Waals surface area contributed by atoms with E-state index in [9.17, 15) is 14.4 Å². The van der Waals surface area contributed by atoms with Crippen molar-refractivity contribution in [1.82, 2.24) is 15.5 Å². The molecule has 1 aliphatic carbocycles. The fraction of sp³-hybridized carbons (Fsp3) is 0.550. The van der Waals surface area contributed by atoms with Gasteiger partial charge in [-0.3, -0.25) is 14.5 Å². The van der Waals surface area contributed by atoms with Gasteiger partial charge >= 0.3 is 6.03 Å². The molecule has 0 aromatic heterocycles. The topological polar surface area (TPSA) is 87.7 Å². The second kappa shape index (κ2) is 8.52. The van der Waals surface area contributed by atoms with Crippen molar-refractivity contribution in [1.29, 1.82) is 0 Å². The van der Waals surface area contributed by atoms with E-state index in [1.807, 2.05) is 24.3 Å². The number of nitrogens with zero attached hydrogens (tertiary/aromatic N) is 1. The van der Waals surface area contributed by atoms with Crippen molar-refractivity contribution in [3.05, 3.63) is 35.4 Å². The summed E-state index contributed by atoms with van der Waals surface area (Å²) in [7, 11) is 1.65. The van der Waals surface area contributed by atoms with E-state index in [0.717, 1.165) is 36.8 Å². The number of benzene rings is 1. The van der Waals surface area contributed by atoms with Crippen LogP contribution < -0.4 is 10.6 Å². The van der Waals surface area contributed by atoms with E-state index in [2.05, 4.69) is 10.6 Å². The highest BCUT2D eigenvalue weighted by Crippen LogP contribution is 2.35. The van der Waals surface area contributed by atoms with Crippen LogP contribution in [-0.2, 0) is 27.5 Å². The molecule has 2 N–H and O–H groups in total. The molecule has 4 amide bonds. The molecule has 1 aromatic rings. The molecule has 1 aliphatic heterocycles. The van der Waals surface area contributed by atoms with Crippen LogP contribution in [-0.4, -0.2) is 41.9 Å². The maximum absolute atomic E-state index is 12.5. The minimum Gasteiger partial charge on any atom is -0.380 e. The molecule has 1 saturated carbocycles. The first-order chi connectivity index (χ1) is 13.0. The largest absolute Gasteiger partial charge is 0.380 e. The summed E-state index contributed by atoms with van der Waals surface area (Å²) in [5, 5.41) is 5.73. The summed E-state index contributed by atoms with van der Waals surface area (Å²) in [4.78, 5) is 37.9. The van der Waals surface area contributed by atoms with Crippen molar-refractivity contribution in [2.45, 2.75) is 57.2 Å². The number of rotatable bonds is 8. The second-order valence-corrected chi connectivity index (χ2v) is 7.31. The van der Waals surface area contributed by atoms with Gasteiger partial charge in [-0.25, -0.2) is 4.79 Å². The Labute approximate surface area is 159 Å². The maximum Gasteiger partial charge on any atom is 0.325 e. The predicted molar refractivity (Wildman–Crippen MR) is 99.7 cm³/mol. The number of nitrogens with one attached hydrogen (secondary N) is 2. The molecule has 0 radical (unpaired) electrons. The summed E-state index contributed by atoms with van der Waals surface area (Å²) in [5.41, 5.74) is 1.43. The Morgan fingerprint density at radius 2 is 1.85 bits per heavy atom. The molecule has 0 unspecified atom stereocenters. The average molecular weight is 373 g/mol. The molecular formula is C20H27N3O4. The van der Waals surface area contributed by atoms with E-state index in [1.165, 1.54) is 4.90 Å². The number of urea groups is 1. The van der Waals surface area contributed by atoms with Gasteiger partial charge in [-0.1, -0.05) is 37.1 Å². The lowest BCUT2D eigenvalue weighted by Crippen LogP contribution is -2.44. The van der Waals surface area contributed by atoms with Crippen molar-refractivity contribution in [3.8, 4) is 0 Å². The fourth-order valence-corrected chi connectivity index (χ4v) is 3.80. The Balaban J connectivity index is 1.39. The normalized spacial score (nSPS) is 18.2. The summed E-state index contributed by atoms with van der Waals surface area (Å²) in [5.74, 6) is -0.208. The summed E-state index contributed by atoms with van der Waals surface area (Å²) >= 11 is 0. The van der Waals surface area contributed by atoms with Gasteiger partial charge in [-0.05, 0) is 30.4 Å². The quantitative estimate of drug-likeness (QED) is 0.683. The minimum atomic E-state index is -0.672. The molecule has 27 heavy (non-hydrogen) atoms. The molecular weight excluding hydrogens is 346 g/mol. The highest BCUT2D eigenvalue weighted by Gasteiger charge is 2.51.